The Morgan fingerprint density at radius 1 is 1.50 bits per heavy atom. The lowest BCUT2D eigenvalue weighted by Crippen LogP contribution is -2.33. The maximum Gasteiger partial charge on any atom is 0.246 e. The van der Waals surface area contributed by atoms with Gasteiger partial charge in [-0.3, -0.25) is 0 Å². The minimum absolute atomic E-state index is 0.0755. The van der Waals surface area contributed by atoms with Gasteiger partial charge in [-0.25, -0.2) is 8.42 Å². The molecule has 5 nitrogen and oxygen atoms in total. The standard InChI is InChI=1S/C14H24N2O3S/c1-10(2)15-9-13-8-14(12(4)19-13)20(17,18)16-7-5-6-11(16)3/h8,10-11,15H,5-7,9H2,1-4H3. The molecule has 2 heterocycles. The Labute approximate surface area is 121 Å². The molecule has 1 aliphatic rings. The highest BCUT2D eigenvalue weighted by atomic mass is 32.2. The smallest absolute Gasteiger partial charge is 0.246 e. The molecule has 1 aliphatic heterocycles. The number of hydrogen-bond donors (Lipinski definition) is 1. The molecule has 1 fully saturated rings. The van der Waals surface area contributed by atoms with Crippen molar-refractivity contribution in [3.63, 3.8) is 0 Å². The summed E-state index contributed by atoms with van der Waals surface area (Å²) < 4.78 is 32.5. The molecule has 0 spiro atoms. The molecule has 1 N–H and O–H groups in total. The van der Waals surface area contributed by atoms with Gasteiger partial charge in [-0.15, -0.1) is 0 Å². The maximum atomic E-state index is 12.7. The average Bonchev–Trinajstić information content (AvgIpc) is 2.93. The van der Waals surface area contributed by atoms with Gasteiger partial charge in [0.25, 0.3) is 0 Å². The van der Waals surface area contributed by atoms with Crippen LogP contribution in [0.4, 0.5) is 0 Å². The molecule has 0 amide bonds. The molecule has 20 heavy (non-hydrogen) atoms. The van der Waals surface area contributed by atoms with E-state index >= 15 is 0 Å². The Bertz CT molecular complexity index is 563. The van der Waals surface area contributed by atoms with Crippen molar-refractivity contribution in [2.45, 2.75) is 64.1 Å². The van der Waals surface area contributed by atoms with Crippen LogP contribution in [0.2, 0.25) is 0 Å². The molecular formula is C14H24N2O3S. The van der Waals surface area contributed by atoms with Crippen molar-refractivity contribution in [3.05, 3.63) is 17.6 Å². The van der Waals surface area contributed by atoms with Gasteiger partial charge in [0, 0.05) is 24.7 Å². The fourth-order valence-electron chi connectivity index (χ4n) is 2.56. The van der Waals surface area contributed by atoms with E-state index in [0.29, 0.717) is 35.5 Å². The Morgan fingerprint density at radius 3 is 2.75 bits per heavy atom. The second-order valence-corrected chi connectivity index (χ2v) is 7.63. The van der Waals surface area contributed by atoms with Crippen LogP contribution in [-0.4, -0.2) is 31.4 Å². The summed E-state index contributed by atoms with van der Waals surface area (Å²) >= 11 is 0. The fourth-order valence-corrected chi connectivity index (χ4v) is 4.45. The zero-order valence-corrected chi connectivity index (χ0v) is 13.5. The molecule has 0 saturated carbocycles. The summed E-state index contributed by atoms with van der Waals surface area (Å²) in [5.41, 5.74) is 0. The fraction of sp³-hybridized carbons (Fsp3) is 0.714. The second-order valence-electron chi connectivity index (χ2n) is 5.78. The van der Waals surface area contributed by atoms with Gasteiger partial charge in [0.05, 0.1) is 6.54 Å². The van der Waals surface area contributed by atoms with E-state index in [1.54, 1.807) is 17.3 Å². The first-order chi connectivity index (χ1) is 9.32. The molecule has 1 aromatic rings. The first-order valence-corrected chi connectivity index (χ1v) is 8.61. The van der Waals surface area contributed by atoms with Crippen molar-refractivity contribution in [2.75, 3.05) is 6.54 Å². The van der Waals surface area contributed by atoms with Crippen molar-refractivity contribution in [3.8, 4) is 0 Å². The summed E-state index contributed by atoms with van der Waals surface area (Å²) in [4.78, 5) is 0.312. The number of sulfonamides is 1. The summed E-state index contributed by atoms with van der Waals surface area (Å²) in [5, 5.41) is 3.23. The first-order valence-electron chi connectivity index (χ1n) is 7.17. The minimum Gasteiger partial charge on any atom is -0.464 e. The highest BCUT2D eigenvalue weighted by molar-refractivity contribution is 7.89. The van der Waals surface area contributed by atoms with Gasteiger partial charge in [0.1, 0.15) is 16.4 Å². The number of nitrogens with one attached hydrogen (secondary N) is 1. The third kappa shape index (κ3) is 3.07. The van der Waals surface area contributed by atoms with Crippen LogP contribution in [0.25, 0.3) is 0 Å². The van der Waals surface area contributed by atoms with Gasteiger partial charge in [-0.2, -0.15) is 4.31 Å². The molecular weight excluding hydrogens is 276 g/mol. The zero-order valence-electron chi connectivity index (χ0n) is 12.6. The summed E-state index contributed by atoms with van der Waals surface area (Å²) in [7, 11) is -3.42. The molecule has 114 valence electrons. The zero-order chi connectivity index (χ0) is 14.9. The third-order valence-corrected chi connectivity index (χ3v) is 5.81. The molecule has 0 radical (unpaired) electrons. The Balaban J connectivity index is 2.23. The summed E-state index contributed by atoms with van der Waals surface area (Å²) in [6.45, 7) is 8.91. The highest BCUT2D eigenvalue weighted by Crippen LogP contribution is 2.29. The molecule has 6 heteroatoms. The topological polar surface area (TPSA) is 62.6 Å². The van der Waals surface area contributed by atoms with E-state index in [1.165, 1.54) is 0 Å². The number of nitrogens with zero attached hydrogens (tertiary/aromatic N) is 1. The lowest BCUT2D eigenvalue weighted by molar-refractivity contribution is 0.405. The van der Waals surface area contributed by atoms with E-state index in [-0.39, 0.29) is 6.04 Å². The van der Waals surface area contributed by atoms with Gasteiger partial charge in [0.2, 0.25) is 10.0 Å². The number of hydrogen-bond acceptors (Lipinski definition) is 4. The van der Waals surface area contributed by atoms with Crippen LogP contribution in [0, 0.1) is 6.92 Å². The van der Waals surface area contributed by atoms with Crippen LogP contribution in [0.1, 0.15) is 45.1 Å². The van der Waals surface area contributed by atoms with Crippen LogP contribution in [0.15, 0.2) is 15.4 Å². The van der Waals surface area contributed by atoms with E-state index in [9.17, 15) is 8.42 Å². The van der Waals surface area contributed by atoms with E-state index in [1.807, 2.05) is 20.8 Å². The molecule has 0 aliphatic carbocycles. The van der Waals surface area contributed by atoms with Crippen LogP contribution >= 0.6 is 0 Å². The SMILES string of the molecule is Cc1oc(CNC(C)C)cc1S(=O)(=O)N1CCCC1C. The largest absolute Gasteiger partial charge is 0.464 e. The van der Waals surface area contributed by atoms with Crippen molar-refractivity contribution in [1.29, 1.82) is 0 Å². The summed E-state index contributed by atoms with van der Waals surface area (Å²) in [5.74, 6) is 1.14. The Kier molecular flexibility index (Phi) is 4.56. The van der Waals surface area contributed by atoms with Gasteiger partial charge in [-0.05, 0) is 26.7 Å². The van der Waals surface area contributed by atoms with Crippen molar-refractivity contribution in [1.82, 2.24) is 9.62 Å². The molecule has 1 atom stereocenters. The van der Waals surface area contributed by atoms with Gasteiger partial charge in [-0.1, -0.05) is 13.8 Å². The quantitative estimate of drug-likeness (QED) is 0.906. The molecule has 2 rings (SSSR count). The maximum absolute atomic E-state index is 12.7. The minimum atomic E-state index is -3.42. The van der Waals surface area contributed by atoms with Gasteiger partial charge >= 0.3 is 0 Å². The van der Waals surface area contributed by atoms with Crippen LogP contribution in [0.5, 0.6) is 0 Å². The molecule has 0 bridgehead atoms. The van der Waals surface area contributed by atoms with E-state index in [0.717, 1.165) is 12.8 Å². The summed E-state index contributed by atoms with van der Waals surface area (Å²) in [6, 6.07) is 2.07. The van der Waals surface area contributed by atoms with Crippen LogP contribution in [-0.2, 0) is 16.6 Å². The van der Waals surface area contributed by atoms with E-state index < -0.39 is 10.0 Å². The normalized spacial score (nSPS) is 20.9. The van der Waals surface area contributed by atoms with Crippen molar-refractivity contribution >= 4 is 10.0 Å². The van der Waals surface area contributed by atoms with Crippen molar-refractivity contribution < 1.29 is 12.8 Å². The van der Waals surface area contributed by atoms with Gasteiger partial charge in [0.15, 0.2) is 0 Å². The Morgan fingerprint density at radius 2 is 2.20 bits per heavy atom. The first kappa shape index (κ1) is 15.5. The number of furan rings is 1. The highest BCUT2D eigenvalue weighted by Gasteiger charge is 2.34. The van der Waals surface area contributed by atoms with Gasteiger partial charge < -0.3 is 9.73 Å². The van der Waals surface area contributed by atoms with Crippen LogP contribution in [0.3, 0.4) is 0 Å². The van der Waals surface area contributed by atoms with E-state index in [4.69, 9.17) is 4.42 Å². The molecule has 0 aromatic carbocycles. The number of rotatable bonds is 5. The lowest BCUT2D eigenvalue weighted by Gasteiger charge is -2.20. The molecule has 1 unspecified atom stereocenters. The average molecular weight is 300 g/mol. The molecule has 1 saturated heterocycles. The third-order valence-electron chi connectivity index (χ3n) is 3.69. The second kappa shape index (κ2) is 5.87. The van der Waals surface area contributed by atoms with E-state index in [2.05, 4.69) is 5.32 Å². The van der Waals surface area contributed by atoms with Crippen LogP contribution < -0.4 is 5.32 Å². The predicted octanol–water partition coefficient (Wildman–Crippen LogP) is 2.26. The monoisotopic (exact) mass is 300 g/mol. The predicted molar refractivity (Wildman–Crippen MR) is 78.0 cm³/mol. The lowest BCUT2D eigenvalue weighted by atomic mass is 10.3. The van der Waals surface area contributed by atoms with Crippen molar-refractivity contribution in [2.24, 2.45) is 0 Å². The Hall–Kier alpha value is -0.850. The molecule has 1 aromatic heterocycles. The number of aryl methyl sites for hydroxylation is 1. The summed E-state index contributed by atoms with van der Waals surface area (Å²) in [6.07, 6.45) is 1.86.